The Morgan fingerprint density at radius 3 is 2.83 bits per heavy atom. The Kier molecular flexibility index (Phi) is 4.72. The molecule has 1 fully saturated rings. The summed E-state index contributed by atoms with van der Waals surface area (Å²) in [5, 5.41) is 3.92. The van der Waals surface area contributed by atoms with Gasteiger partial charge in [-0.15, -0.1) is 0 Å². The fourth-order valence-electron chi connectivity index (χ4n) is 1.78. The summed E-state index contributed by atoms with van der Waals surface area (Å²) < 4.78 is 10.8. The van der Waals surface area contributed by atoms with Gasteiger partial charge in [0.2, 0.25) is 5.89 Å². The van der Waals surface area contributed by atoms with Crippen LogP contribution in [0.3, 0.4) is 0 Å². The van der Waals surface area contributed by atoms with E-state index < -0.39 is 0 Å². The van der Waals surface area contributed by atoms with Gasteiger partial charge in [-0.2, -0.15) is 4.98 Å². The molecule has 1 aromatic heterocycles. The highest BCUT2D eigenvalue weighted by atomic mass is 16.5. The third-order valence-corrected chi connectivity index (χ3v) is 3.31. The molecule has 1 saturated carbocycles. The van der Waals surface area contributed by atoms with Crippen molar-refractivity contribution in [3.05, 3.63) is 11.7 Å². The van der Waals surface area contributed by atoms with E-state index in [1.807, 2.05) is 0 Å². The minimum Gasteiger partial charge on any atom is -0.376 e. The molecule has 1 aliphatic carbocycles. The van der Waals surface area contributed by atoms with Gasteiger partial charge in [-0.25, -0.2) is 0 Å². The molecule has 0 radical (unpaired) electrons. The van der Waals surface area contributed by atoms with E-state index in [1.165, 1.54) is 6.42 Å². The number of rotatable bonds is 7. The zero-order chi connectivity index (χ0) is 13.0. The Bertz CT molecular complexity index is 361. The lowest BCUT2D eigenvalue weighted by Gasteiger charge is -2.26. The number of hydrogen-bond acceptors (Lipinski definition) is 5. The predicted molar refractivity (Wildman–Crippen MR) is 68.0 cm³/mol. The first kappa shape index (κ1) is 13.5. The summed E-state index contributed by atoms with van der Waals surface area (Å²) in [6.45, 7) is 4.83. The third kappa shape index (κ3) is 3.78. The minimum atomic E-state index is -0.276. The Hall–Kier alpha value is -0.940. The zero-order valence-electron chi connectivity index (χ0n) is 11.3. The van der Waals surface area contributed by atoms with Crippen molar-refractivity contribution < 1.29 is 9.26 Å². The molecule has 1 heterocycles. The SMILES string of the molecule is CC(C)CCc1nc(C(N)COC2CCC2)no1. The fourth-order valence-corrected chi connectivity index (χ4v) is 1.78. The van der Waals surface area contributed by atoms with Gasteiger partial charge in [-0.1, -0.05) is 19.0 Å². The van der Waals surface area contributed by atoms with Gasteiger partial charge in [0, 0.05) is 6.42 Å². The molecule has 0 amide bonds. The van der Waals surface area contributed by atoms with Crippen molar-refractivity contribution in [2.45, 2.75) is 58.1 Å². The summed E-state index contributed by atoms with van der Waals surface area (Å²) >= 11 is 0. The van der Waals surface area contributed by atoms with Crippen molar-refractivity contribution in [1.82, 2.24) is 10.1 Å². The lowest BCUT2D eigenvalue weighted by atomic mass is 9.96. The molecule has 5 heteroatoms. The van der Waals surface area contributed by atoms with Gasteiger partial charge in [0.1, 0.15) is 0 Å². The third-order valence-electron chi connectivity index (χ3n) is 3.31. The van der Waals surface area contributed by atoms with Crippen LogP contribution in [-0.2, 0) is 11.2 Å². The topological polar surface area (TPSA) is 74.2 Å². The zero-order valence-corrected chi connectivity index (χ0v) is 11.3. The number of nitrogens with two attached hydrogens (primary N) is 1. The molecule has 102 valence electrons. The standard InChI is InChI=1S/C13H23N3O2/c1-9(2)6-7-12-15-13(16-18-12)11(14)8-17-10-4-3-5-10/h9-11H,3-8,14H2,1-2H3. The van der Waals surface area contributed by atoms with Gasteiger partial charge < -0.3 is 15.0 Å². The lowest BCUT2D eigenvalue weighted by Crippen LogP contribution is -2.27. The molecule has 5 nitrogen and oxygen atoms in total. The smallest absolute Gasteiger partial charge is 0.226 e. The highest BCUT2D eigenvalue weighted by molar-refractivity contribution is 4.93. The van der Waals surface area contributed by atoms with E-state index in [1.54, 1.807) is 0 Å². The van der Waals surface area contributed by atoms with Crippen LogP contribution >= 0.6 is 0 Å². The van der Waals surface area contributed by atoms with E-state index >= 15 is 0 Å². The van der Waals surface area contributed by atoms with Crippen LogP contribution in [0.2, 0.25) is 0 Å². The van der Waals surface area contributed by atoms with Crippen LogP contribution in [0.25, 0.3) is 0 Å². The average molecular weight is 253 g/mol. The van der Waals surface area contributed by atoms with Crippen LogP contribution < -0.4 is 5.73 Å². The van der Waals surface area contributed by atoms with E-state index in [4.69, 9.17) is 15.0 Å². The van der Waals surface area contributed by atoms with Crippen LogP contribution in [-0.4, -0.2) is 22.9 Å². The summed E-state index contributed by atoms with van der Waals surface area (Å²) in [5.74, 6) is 1.88. The van der Waals surface area contributed by atoms with Crippen molar-refractivity contribution in [3.63, 3.8) is 0 Å². The van der Waals surface area contributed by atoms with Crippen molar-refractivity contribution in [2.24, 2.45) is 11.7 Å². The second-order valence-corrected chi connectivity index (χ2v) is 5.47. The van der Waals surface area contributed by atoms with Gasteiger partial charge in [0.15, 0.2) is 5.82 Å². The van der Waals surface area contributed by atoms with Crippen LogP contribution in [0.5, 0.6) is 0 Å². The summed E-state index contributed by atoms with van der Waals surface area (Å²) in [5.41, 5.74) is 5.98. The highest BCUT2D eigenvalue weighted by Crippen LogP contribution is 2.23. The van der Waals surface area contributed by atoms with Gasteiger partial charge in [-0.3, -0.25) is 0 Å². The monoisotopic (exact) mass is 253 g/mol. The maximum atomic E-state index is 5.98. The average Bonchev–Trinajstić information content (AvgIpc) is 2.72. The van der Waals surface area contributed by atoms with Crippen molar-refractivity contribution in [3.8, 4) is 0 Å². The number of aryl methyl sites for hydroxylation is 1. The molecule has 0 saturated heterocycles. The van der Waals surface area contributed by atoms with E-state index in [0.717, 1.165) is 25.7 Å². The first-order valence-electron chi connectivity index (χ1n) is 6.85. The van der Waals surface area contributed by atoms with Crippen LogP contribution in [0, 0.1) is 5.92 Å². The number of hydrogen-bond donors (Lipinski definition) is 1. The van der Waals surface area contributed by atoms with Crippen LogP contribution in [0.1, 0.15) is 57.3 Å². The van der Waals surface area contributed by atoms with Crippen molar-refractivity contribution >= 4 is 0 Å². The van der Waals surface area contributed by atoms with E-state index in [-0.39, 0.29) is 6.04 Å². The minimum absolute atomic E-state index is 0.276. The number of nitrogens with zero attached hydrogens (tertiary/aromatic N) is 2. The van der Waals surface area contributed by atoms with Gasteiger partial charge in [0.05, 0.1) is 18.8 Å². The largest absolute Gasteiger partial charge is 0.376 e. The molecular weight excluding hydrogens is 230 g/mol. The van der Waals surface area contributed by atoms with Crippen LogP contribution in [0.4, 0.5) is 0 Å². The Balaban J connectivity index is 1.76. The summed E-state index contributed by atoms with van der Waals surface area (Å²) in [6.07, 6.45) is 5.83. The van der Waals surface area contributed by atoms with Gasteiger partial charge in [-0.05, 0) is 31.6 Å². The van der Waals surface area contributed by atoms with Gasteiger partial charge >= 0.3 is 0 Å². The first-order valence-corrected chi connectivity index (χ1v) is 6.85. The first-order chi connectivity index (χ1) is 8.65. The number of aromatic nitrogens is 2. The summed E-state index contributed by atoms with van der Waals surface area (Å²) in [4.78, 5) is 4.32. The molecule has 0 aliphatic heterocycles. The molecule has 2 N–H and O–H groups in total. The number of ether oxygens (including phenoxy) is 1. The molecule has 1 aliphatic rings. The Morgan fingerprint density at radius 1 is 1.44 bits per heavy atom. The second kappa shape index (κ2) is 6.29. The summed E-state index contributed by atoms with van der Waals surface area (Å²) in [6, 6.07) is -0.276. The van der Waals surface area contributed by atoms with E-state index in [2.05, 4.69) is 24.0 Å². The van der Waals surface area contributed by atoms with E-state index in [9.17, 15) is 0 Å². The van der Waals surface area contributed by atoms with E-state index in [0.29, 0.717) is 30.3 Å². The second-order valence-electron chi connectivity index (χ2n) is 5.47. The normalized spacial score (nSPS) is 18.0. The molecular formula is C13H23N3O2. The highest BCUT2D eigenvalue weighted by Gasteiger charge is 2.21. The molecule has 18 heavy (non-hydrogen) atoms. The summed E-state index contributed by atoms with van der Waals surface area (Å²) in [7, 11) is 0. The quantitative estimate of drug-likeness (QED) is 0.806. The maximum absolute atomic E-state index is 5.98. The predicted octanol–water partition coefficient (Wildman–Crippen LogP) is 2.23. The van der Waals surface area contributed by atoms with Crippen molar-refractivity contribution in [2.75, 3.05) is 6.61 Å². The fraction of sp³-hybridized carbons (Fsp3) is 0.846. The maximum Gasteiger partial charge on any atom is 0.226 e. The molecule has 1 unspecified atom stereocenters. The lowest BCUT2D eigenvalue weighted by molar-refractivity contribution is -0.00549. The molecule has 0 bridgehead atoms. The molecule has 2 rings (SSSR count). The molecule has 1 atom stereocenters. The van der Waals surface area contributed by atoms with Crippen LogP contribution in [0.15, 0.2) is 4.52 Å². The molecule has 0 spiro atoms. The molecule has 1 aromatic rings. The Morgan fingerprint density at radius 2 is 2.22 bits per heavy atom. The van der Waals surface area contributed by atoms with Crippen molar-refractivity contribution in [1.29, 1.82) is 0 Å². The molecule has 0 aromatic carbocycles. The Labute approximate surface area is 108 Å². The van der Waals surface area contributed by atoms with Gasteiger partial charge in [0.25, 0.3) is 0 Å².